The minimum absolute atomic E-state index is 0.0671. The molecule has 1 N–H and O–H groups in total. The molecule has 0 bridgehead atoms. The highest BCUT2D eigenvalue weighted by Gasteiger charge is 2.18. The SMILES string of the molecule is CCc1nn(CCCN2CCN(c3ccc(O)c(Cl)c3)CC2)c(=O)n1CCOc1ccccc1. The van der Waals surface area contributed by atoms with Crippen molar-refractivity contribution in [2.24, 2.45) is 0 Å². The van der Waals surface area contributed by atoms with Crippen LogP contribution in [0.4, 0.5) is 5.69 Å². The van der Waals surface area contributed by atoms with Crippen LogP contribution in [0.2, 0.25) is 5.02 Å². The van der Waals surface area contributed by atoms with Crippen LogP contribution in [-0.4, -0.2) is 63.7 Å². The van der Waals surface area contributed by atoms with E-state index in [1.54, 1.807) is 15.3 Å². The van der Waals surface area contributed by atoms with Gasteiger partial charge >= 0.3 is 5.69 Å². The van der Waals surface area contributed by atoms with Gasteiger partial charge in [-0.25, -0.2) is 9.48 Å². The number of piperazine rings is 1. The van der Waals surface area contributed by atoms with E-state index in [0.717, 1.165) is 56.4 Å². The van der Waals surface area contributed by atoms with Crippen LogP contribution in [0.5, 0.6) is 11.5 Å². The fourth-order valence-electron chi connectivity index (χ4n) is 4.26. The second-order valence-corrected chi connectivity index (χ2v) is 8.81. The van der Waals surface area contributed by atoms with E-state index in [2.05, 4.69) is 14.9 Å². The van der Waals surface area contributed by atoms with Gasteiger partial charge in [-0.05, 0) is 36.8 Å². The Morgan fingerprint density at radius 2 is 1.79 bits per heavy atom. The Hall–Kier alpha value is -2.97. The largest absolute Gasteiger partial charge is 0.506 e. The molecule has 4 rings (SSSR count). The average molecular weight is 486 g/mol. The Bertz CT molecular complexity index is 1120. The number of aromatic nitrogens is 3. The Kier molecular flexibility index (Phi) is 8.13. The van der Waals surface area contributed by atoms with E-state index in [1.807, 2.05) is 49.4 Å². The molecule has 8 nitrogen and oxygen atoms in total. The summed E-state index contributed by atoms with van der Waals surface area (Å²) in [6, 6.07) is 15.0. The molecule has 0 spiro atoms. The third-order valence-electron chi connectivity index (χ3n) is 6.16. The minimum atomic E-state index is -0.0671. The molecule has 1 fully saturated rings. The fourth-order valence-corrected chi connectivity index (χ4v) is 4.43. The number of aryl methyl sites for hydroxylation is 2. The molecule has 1 saturated heterocycles. The normalized spacial score (nSPS) is 14.5. The van der Waals surface area contributed by atoms with Crippen molar-refractivity contribution in [2.45, 2.75) is 32.9 Å². The van der Waals surface area contributed by atoms with Crippen LogP contribution in [0.25, 0.3) is 0 Å². The first-order chi connectivity index (χ1) is 16.5. The summed E-state index contributed by atoms with van der Waals surface area (Å²) in [5.41, 5.74) is 0.963. The second kappa shape index (κ2) is 11.4. The van der Waals surface area contributed by atoms with Gasteiger partial charge in [0.25, 0.3) is 0 Å². The Balaban J connectivity index is 1.24. The van der Waals surface area contributed by atoms with E-state index < -0.39 is 0 Å². The number of benzene rings is 2. The number of para-hydroxylation sites is 1. The summed E-state index contributed by atoms with van der Waals surface area (Å²) in [5, 5.41) is 14.6. The van der Waals surface area contributed by atoms with Crippen molar-refractivity contribution < 1.29 is 9.84 Å². The zero-order valence-electron chi connectivity index (χ0n) is 19.6. The van der Waals surface area contributed by atoms with Gasteiger partial charge in [-0.1, -0.05) is 36.7 Å². The molecule has 0 atom stereocenters. The molecule has 2 heterocycles. The second-order valence-electron chi connectivity index (χ2n) is 8.41. The summed E-state index contributed by atoms with van der Waals surface area (Å²) in [5.74, 6) is 1.70. The van der Waals surface area contributed by atoms with Crippen molar-refractivity contribution >= 4 is 17.3 Å². The Morgan fingerprint density at radius 1 is 1.03 bits per heavy atom. The van der Waals surface area contributed by atoms with Crippen LogP contribution in [0, 0.1) is 0 Å². The van der Waals surface area contributed by atoms with Gasteiger partial charge < -0.3 is 14.7 Å². The lowest BCUT2D eigenvalue weighted by Crippen LogP contribution is -2.46. The summed E-state index contributed by atoms with van der Waals surface area (Å²) < 4.78 is 9.08. The molecule has 0 radical (unpaired) electrons. The van der Waals surface area contributed by atoms with Gasteiger partial charge in [0, 0.05) is 51.4 Å². The van der Waals surface area contributed by atoms with E-state index in [9.17, 15) is 9.90 Å². The van der Waals surface area contributed by atoms with Crippen LogP contribution in [-0.2, 0) is 19.5 Å². The smallest absolute Gasteiger partial charge is 0.346 e. The molecule has 0 aliphatic carbocycles. The van der Waals surface area contributed by atoms with E-state index in [0.29, 0.717) is 31.1 Å². The molecule has 182 valence electrons. The number of phenols is 1. The summed E-state index contributed by atoms with van der Waals surface area (Å²) in [6.45, 7) is 8.14. The first kappa shape index (κ1) is 24.2. The number of phenolic OH excluding ortho intramolecular Hbond substituents is 1. The molecule has 9 heteroatoms. The van der Waals surface area contributed by atoms with Crippen LogP contribution < -0.4 is 15.3 Å². The first-order valence-electron chi connectivity index (χ1n) is 11.9. The zero-order chi connectivity index (χ0) is 23.9. The summed E-state index contributed by atoms with van der Waals surface area (Å²) in [7, 11) is 0. The van der Waals surface area contributed by atoms with Gasteiger partial charge in [0.05, 0.1) is 11.6 Å². The molecule has 0 saturated carbocycles. The standard InChI is InChI=1S/C25H32ClN5O3/c1-2-24-27-31(25(33)30(24)17-18-34-21-7-4-3-5-8-21)12-6-11-28-13-15-29(16-14-28)20-9-10-23(32)22(26)19-20/h3-5,7-10,19,32H,2,6,11-18H2,1H3. The van der Waals surface area contributed by atoms with Crippen molar-refractivity contribution in [2.75, 3.05) is 44.2 Å². The van der Waals surface area contributed by atoms with Gasteiger partial charge in [0.15, 0.2) is 0 Å². The molecular weight excluding hydrogens is 454 g/mol. The topological polar surface area (TPSA) is 75.8 Å². The fraction of sp³-hybridized carbons (Fsp3) is 0.440. The van der Waals surface area contributed by atoms with Gasteiger partial charge in [-0.15, -0.1) is 0 Å². The number of halogens is 1. The summed E-state index contributed by atoms with van der Waals surface area (Å²) in [4.78, 5) is 17.6. The Labute approximate surface area is 204 Å². The molecule has 0 unspecified atom stereocenters. The monoisotopic (exact) mass is 485 g/mol. The molecule has 3 aromatic rings. The van der Waals surface area contributed by atoms with Crippen molar-refractivity contribution in [3.8, 4) is 11.5 Å². The third kappa shape index (κ3) is 5.93. The third-order valence-corrected chi connectivity index (χ3v) is 6.46. The van der Waals surface area contributed by atoms with Crippen LogP contribution in [0.1, 0.15) is 19.2 Å². The quantitative estimate of drug-likeness (QED) is 0.475. The van der Waals surface area contributed by atoms with Gasteiger partial charge in [0.2, 0.25) is 0 Å². The van der Waals surface area contributed by atoms with Crippen molar-refractivity contribution in [1.29, 1.82) is 0 Å². The number of anilines is 1. The predicted molar refractivity (Wildman–Crippen MR) is 134 cm³/mol. The lowest BCUT2D eigenvalue weighted by atomic mass is 10.2. The van der Waals surface area contributed by atoms with Crippen molar-refractivity contribution in [3.05, 3.63) is 69.9 Å². The highest BCUT2D eigenvalue weighted by molar-refractivity contribution is 6.32. The van der Waals surface area contributed by atoms with Gasteiger partial charge in [-0.3, -0.25) is 9.47 Å². The number of nitrogens with zero attached hydrogens (tertiary/aromatic N) is 5. The summed E-state index contributed by atoms with van der Waals surface area (Å²) in [6.07, 6.45) is 1.57. The number of rotatable bonds is 10. The van der Waals surface area contributed by atoms with Crippen LogP contribution >= 0.6 is 11.6 Å². The van der Waals surface area contributed by atoms with Gasteiger partial charge in [-0.2, -0.15) is 5.10 Å². The maximum atomic E-state index is 12.9. The van der Waals surface area contributed by atoms with Gasteiger partial charge in [0.1, 0.15) is 23.9 Å². The van der Waals surface area contributed by atoms with E-state index in [-0.39, 0.29) is 11.4 Å². The number of aromatic hydroxyl groups is 1. The van der Waals surface area contributed by atoms with Crippen LogP contribution in [0.15, 0.2) is 53.3 Å². The molecule has 2 aromatic carbocycles. The number of ether oxygens (including phenoxy) is 1. The van der Waals surface area contributed by atoms with E-state index >= 15 is 0 Å². The zero-order valence-corrected chi connectivity index (χ0v) is 20.3. The van der Waals surface area contributed by atoms with Crippen LogP contribution in [0.3, 0.4) is 0 Å². The highest BCUT2D eigenvalue weighted by atomic mass is 35.5. The number of hydrogen-bond acceptors (Lipinski definition) is 6. The lowest BCUT2D eigenvalue weighted by Gasteiger charge is -2.36. The molecule has 1 aromatic heterocycles. The molecular formula is C25H32ClN5O3. The summed E-state index contributed by atoms with van der Waals surface area (Å²) >= 11 is 6.05. The molecule has 1 aliphatic rings. The molecule has 0 amide bonds. The maximum Gasteiger partial charge on any atom is 0.346 e. The van der Waals surface area contributed by atoms with Crippen molar-refractivity contribution in [1.82, 2.24) is 19.2 Å². The van der Waals surface area contributed by atoms with E-state index in [4.69, 9.17) is 16.3 Å². The lowest BCUT2D eigenvalue weighted by molar-refractivity contribution is 0.248. The van der Waals surface area contributed by atoms with E-state index in [1.165, 1.54) is 0 Å². The molecule has 1 aliphatic heterocycles. The average Bonchev–Trinajstić information content (AvgIpc) is 3.16. The van der Waals surface area contributed by atoms with Crippen molar-refractivity contribution in [3.63, 3.8) is 0 Å². The maximum absolute atomic E-state index is 12.9. The first-order valence-corrected chi connectivity index (χ1v) is 12.2. The molecule has 34 heavy (non-hydrogen) atoms. The highest BCUT2D eigenvalue weighted by Crippen LogP contribution is 2.28. The predicted octanol–water partition coefficient (Wildman–Crippen LogP) is 3.26. The number of hydrogen-bond donors (Lipinski definition) is 1. The minimum Gasteiger partial charge on any atom is -0.506 e. The Morgan fingerprint density at radius 3 is 2.50 bits per heavy atom.